The molecule has 1 saturated heterocycles. The molecule has 0 bridgehead atoms. The minimum Gasteiger partial charge on any atom is -0.448 e. The van der Waals surface area contributed by atoms with Gasteiger partial charge in [0.05, 0.1) is 10.6 Å². The van der Waals surface area contributed by atoms with E-state index >= 15 is 0 Å². The van der Waals surface area contributed by atoms with Crippen molar-refractivity contribution in [1.82, 2.24) is 9.80 Å². The van der Waals surface area contributed by atoms with Crippen LogP contribution in [0.2, 0.25) is 0 Å². The topological polar surface area (TPSA) is 73.4 Å². The van der Waals surface area contributed by atoms with E-state index in [2.05, 4.69) is 36.1 Å². The number of fused-ring (bicyclic) bond motifs is 1. The third kappa shape index (κ3) is 8.87. The van der Waals surface area contributed by atoms with Gasteiger partial charge in [-0.3, -0.25) is 9.21 Å². The highest BCUT2D eigenvalue weighted by atomic mass is 32.2. The number of ether oxygens (including phenoxy) is 1. The molecule has 1 heterocycles. The summed E-state index contributed by atoms with van der Waals surface area (Å²) in [4.78, 5) is 19.7. The largest absolute Gasteiger partial charge is 0.448 e. The van der Waals surface area contributed by atoms with Gasteiger partial charge in [0.15, 0.2) is 0 Å². The number of sulfonamides is 1. The average Bonchev–Trinajstić information content (AvgIpc) is 3.14. The summed E-state index contributed by atoms with van der Waals surface area (Å²) in [5.41, 5.74) is 3.96. The van der Waals surface area contributed by atoms with Crippen LogP contribution in [0, 0.1) is 0 Å². The molecule has 1 aliphatic rings. The molecule has 10 heteroatoms. The van der Waals surface area contributed by atoms with Gasteiger partial charge in [0.1, 0.15) is 6.61 Å². The standard InChI is InChI=1S/C41H46N4O4S.H2S/c1-32(44(29-33-15-7-4-8-16-33)30-34-17-9-5-10-18-34)31-49-41(46)43-27-25-36(26-28-43)45(35-19-11-6-12-20-35)50(47,48)40-24-14-21-37-38(40)22-13-23-39(37)42(2)3;/h4-24,32,36H,25-31H2,1-3H3;1H2/t32-;/m0./s1. The summed E-state index contributed by atoms with van der Waals surface area (Å²) in [6.07, 6.45) is 0.607. The van der Waals surface area contributed by atoms with Crippen LogP contribution in [0.3, 0.4) is 0 Å². The molecule has 5 aromatic rings. The van der Waals surface area contributed by atoms with Crippen LogP contribution in [0.4, 0.5) is 16.2 Å². The fourth-order valence-electron chi connectivity index (χ4n) is 6.78. The number of nitrogens with zero attached hydrogens (tertiary/aromatic N) is 4. The van der Waals surface area contributed by atoms with E-state index in [4.69, 9.17) is 4.74 Å². The summed E-state index contributed by atoms with van der Waals surface area (Å²) >= 11 is 0. The van der Waals surface area contributed by atoms with E-state index in [1.807, 2.05) is 116 Å². The Morgan fingerprint density at radius 3 is 1.84 bits per heavy atom. The van der Waals surface area contributed by atoms with Crippen molar-refractivity contribution in [3.63, 3.8) is 0 Å². The van der Waals surface area contributed by atoms with E-state index in [-0.39, 0.29) is 43.2 Å². The lowest BCUT2D eigenvalue weighted by molar-refractivity contribution is 0.0592. The van der Waals surface area contributed by atoms with Crippen molar-refractivity contribution >= 4 is 51.8 Å². The Balaban J connectivity index is 0.00000504. The molecular weight excluding hydrogens is 677 g/mol. The van der Waals surface area contributed by atoms with Crippen molar-refractivity contribution in [2.24, 2.45) is 0 Å². The van der Waals surface area contributed by atoms with E-state index in [0.29, 0.717) is 37.0 Å². The third-order valence-electron chi connectivity index (χ3n) is 9.47. The van der Waals surface area contributed by atoms with Gasteiger partial charge < -0.3 is 14.5 Å². The summed E-state index contributed by atoms with van der Waals surface area (Å²) < 4.78 is 36.8. The first-order valence-corrected chi connectivity index (χ1v) is 18.7. The number of carbonyl (C=O) groups is 1. The monoisotopic (exact) mass is 724 g/mol. The predicted octanol–water partition coefficient (Wildman–Crippen LogP) is 7.91. The summed E-state index contributed by atoms with van der Waals surface area (Å²) in [6, 6.07) is 40.8. The Hall–Kier alpha value is -4.51. The first kappa shape index (κ1) is 37.7. The Kier molecular flexibility index (Phi) is 12.7. The fraction of sp³-hybridized carbons (Fsp3) is 0.293. The van der Waals surface area contributed by atoms with Gasteiger partial charge in [-0.05, 0) is 55.2 Å². The molecule has 0 saturated carbocycles. The van der Waals surface area contributed by atoms with Crippen LogP contribution in [0.25, 0.3) is 10.8 Å². The second kappa shape index (κ2) is 17.1. The number of anilines is 2. The SMILES string of the molecule is C[C@@H](COC(=O)N1CCC(N(c2ccccc2)S(=O)(=O)c2cccc3c(N(C)C)cccc23)CC1)N(Cc1ccccc1)Cc1ccccc1.S. The molecule has 5 aromatic carbocycles. The lowest BCUT2D eigenvalue weighted by atomic mass is 10.0. The minimum absolute atomic E-state index is 0. The van der Waals surface area contributed by atoms with Gasteiger partial charge in [0.2, 0.25) is 0 Å². The lowest BCUT2D eigenvalue weighted by Gasteiger charge is -2.39. The molecule has 0 N–H and O–H groups in total. The molecule has 1 atom stereocenters. The maximum absolute atomic E-state index is 14.6. The number of benzene rings is 5. The summed E-state index contributed by atoms with van der Waals surface area (Å²) in [6.45, 7) is 4.60. The Morgan fingerprint density at radius 1 is 0.745 bits per heavy atom. The molecule has 6 rings (SSSR count). The fourth-order valence-corrected chi connectivity index (χ4v) is 8.70. The zero-order valence-electron chi connectivity index (χ0n) is 29.6. The number of piperidine rings is 1. The number of para-hydroxylation sites is 1. The number of amides is 1. The number of hydrogen-bond acceptors (Lipinski definition) is 6. The normalized spacial score (nSPS) is 14.2. The van der Waals surface area contributed by atoms with Gasteiger partial charge in [-0.2, -0.15) is 13.5 Å². The van der Waals surface area contributed by atoms with Gasteiger partial charge in [-0.15, -0.1) is 0 Å². The van der Waals surface area contributed by atoms with E-state index in [9.17, 15) is 13.2 Å². The van der Waals surface area contributed by atoms with Crippen molar-refractivity contribution in [3.8, 4) is 0 Å². The molecule has 1 amide bonds. The van der Waals surface area contributed by atoms with Crippen molar-refractivity contribution in [2.45, 2.75) is 49.8 Å². The van der Waals surface area contributed by atoms with Crippen LogP contribution in [0.1, 0.15) is 30.9 Å². The van der Waals surface area contributed by atoms with Crippen molar-refractivity contribution < 1.29 is 17.9 Å². The number of likely N-dealkylation sites (tertiary alicyclic amines) is 1. The quantitative estimate of drug-likeness (QED) is 0.130. The lowest BCUT2D eigenvalue weighted by Crippen LogP contribution is -2.49. The number of carbonyl (C=O) groups excluding carboxylic acids is 1. The second-order valence-corrected chi connectivity index (χ2v) is 15.0. The van der Waals surface area contributed by atoms with Gasteiger partial charge >= 0.3 is 6.09 Å². The first-order valence-electron chi connectivity index (χ1n) is 17.2. The molecular formula is C41H48N4O4S2. The maximum atomic E-state index is 14.6. The average molecular weight is 725 g/mol. The predicted molar refractivity (Wildman–Crippen MR) is 212 cm³/mol. The molecule has 0 unspecified atom stereocenters. The van der Waals surface area contributed by atoms with Crippen LogP contribution in [0.15, 0.2) is 132 Å². The molecule has 51 heavy (non-hydrogen) atoms. The smallest absolute Gasteiger partial charge is 0.409 e. The van der Waals surface area contributed by atoms with Gasteiger partial charge in [0, 0.05) is 68.8 Å². The molecule has 8 nitrogen and oxygen atoms in total. The Labute approximate surface area is 309 Å². The Morgan fingerprint density at radius 2 is 1.27 bits per heavy atom. The zero-order chi connectivity index (χ0) is 35.1. The van der Waals surface area contributed by atoms with Crippen LogP contribution in [0.5, 0.6) is 0 Å². The first-order chi connectivity index (χ1) is 24.2. The van der Waals surface area contributed by atoms with E-state index in [1.165, 1.54) is 11.1 Å². The number of hydrogen-bond donors (Lipinski definition) is 0. The molecule has 0 aliphatic carbocycles. The zero-order valence-corrected chi connectivity index (χ0v) is 31.4. The second-order valence-electron chi connectivity index (χ2n) is 13.2. The Bertz CT molecular complexity index is 1930. The third-order valence-corrected chi connectivity index (χ3v) is 11.4. The molecule has 0 aromatic heterocycles. The van der Waals surface area contributed by atoms with E-state index in [0.717, 1.165) is 24.2 Å². The summed E-state index contributed by atoms with van der Waals surface area (Å²) in [5.74, 6) is 0. The molecule has 0 radical (unpaired) electrons. The highest BCUT2D eigenvalue weighted by Crippen LogP contribution is 2.36. The summed E-state index contributed by atoms with van der Waals surface area (Å²) in [5, 5.41) is 1.56. The van der Waals surface area contributed by atoms with Crippen molar-refractivity contribution in [1.29, 1.82) is 0 Å². The number of rotatable bonds is 12. The van der Waals surface area contributed by atoms with Crippen LogP contribution >= 0.6 is 13.5 Å². The highest BCUT2D eigenvalue weighted by molar-refractivity contribution is 7.93. The molecule has 0 spiro atoms. The van der Waals surface area contributed by atoms with Crippen LogP contribution in [-0.2, 0) is 27.8 Å². The minimum atomic E-state index is -3.97. The molecule has 1 fully saturated rings. The van der Waals surface area contributed by atoms with Gasteiger partial charge in [-0.1, -0.05) is 103 Å². The highest BCUT2D eigenvalue weighted by Gasteiger charge is 2.36. The van der Waals surface area contributed by atoms with Crippen molar-refractivity contribution in [3.05, 3.63) is 139 Å². The van der Waals surface area contributed by atoms with Crippen LogP contribution in [-0.4, -0.2) is 70.2 Å². The van der Waals surface area contributed by atoms with Gasteiger partial charge in [0.25, 0.3) is 10.0 Å². The van der Waals surface area contributed by atoms with Gasteiger partial charge in [-0.25, -0.2) is 13.2 Å². The van der Waals surface area contributed by atoms with E-state index in [1.54, 1.807) is 15.3 Å². The van der Waals surface area contributed by atoms with E-state index < -0.39 is 10.0 Å². The van der Waals surface area contributed by atoms with Crippen molar-refractivity contribution in [2.75, 3.05) is 43.0 Å². The van der Waals surface area contributed by atoms with Crippen LogP contribution < -0.4 is 9.21 Å². The molecule has 1 aliphatic heterocycles. The molecule has 268 valence electrons. The maximum Gasteiger partial charge on any atom is 0.409 e. The summed E-state index contributed by atoms with van der Waals surface area (Å²) in [7, 11) is -0.0577.